The van der Waals surface area contributed by atoms with Crippen LogP contribution in [-0.4, -0.2) is 12.0 Å². The molecule has 0 atom stereocenters. The maximum absolute atomic E-state index is 13.0. The standard InChI is InChI=1S/C11H9F3N2S/c1-15-4-7-5-16-11(17-7)6-2-8(12)10(14)9(13)3-6/h2-3,5,15H,4H2,1H3. The van der Waals surface area contributed by atoms with Gasteiger partial charge in [0.05, 0.1) is 0 Å². The number of rotatable bonds is 3. The number of hydrogen-bond acceptors (Lipinski definition) is 3. The van der Waals surface area contributed by atoms with Gasteiger partial charge in [-0.15, -0.1) is 11.3 Å². The van der Waals surface area contributed by atoms with Gasteiger partial charge in [-0.1, -0.05) is 0 Å². The monoisotopic (exact) mass is 258 g/mol. The van der Waals surface area contributed by atoms with E-state index in [1.54, 1.807) is 13.2 Å². The molecule has 0 fully saturated rings. The zero-order valence-electron chi connectivity index (χ0n) is 8.93. The second kappa shape index (κ2) is 4.85. The molecule has 0 spiro atoms. The number of nitrogens with one attached hydrogen (secondary N) is 1. The van der Waals surface area contributed by atoms with Crippen LogP contribution >= 0.6 is 11.3 Å². The molecule has 0 aliphatic heterocycles. The summed E-state index contributed by atoms with van der Waals surface area (Å²) in [5.41, 5.74) is 0.244. The van der Waals surface area contributed by atoms with Crippen LogP contribution in [0.15, 0.2) is 18.3 Å². The fourth-order valence-electron chi connectivity index (χ4n) is 1.38. The SMILES string of the molecule is CNCc1cnc(-c2cc(F)c(F)c(F)c2)s1. The van der Waals surface area contributed by atoms with Gasteiger partial charge >= 0.3 is 0 Å². The van der Waals surface area contributed by atoms with Gasteiger partial charge in [0, 0.05) is 23.2 Å². The zero-order chi connectivity index (χ0) is 12.4. The minimum atomic E-state index is -1.46. The lowest BCUT2D eigenvalue weighted by molar-refractivity contribution is 0.447. The lowest BCUT2D eigenvalue weighted by Crippen LogP contribution is -2.02. The minimum Gasteiger partial charge on any atom is -0.315 e. The van der Waals surface area contributed by atoms with Crippen molar-refractivity contribution in [2.24, 2.45) is 0 Å². The highest BCUT2D eigenvalue weighted by molar-refractivity contribution is 7.15. The zero-order valence-corrected chi connectivity index (χ0v) is 9.75. The first-order valence-corrected chi connectivity index (χ1v) is 5.67. The molecular weight excluding hydrogens is 249 g/mol. The lowest BCUT2D eigenvalue weighted by atomic mass is 10.2. The maximum Gasteiger partial charge on any atom is 0.194 e. The third-order valence-corrected chi connectivity index (χ3v) is 3.18. The molecule has 2 nitrogen and oxygen atoms in total. The molecule has 6 heteroatoms. The van der Waals surface area contributed by atoms with Crippen molar-refractivity contribution in [3.63, 3.8) is 0 Å². The molecule has 0 unspecified atom stereocenters. The van der Waals surface area contributed by atoms with Crippen LogP contribution < -0.4 is 5.32 Å². The molecule has 1 N–H and O–H groups in total. The highest BCUT2D eigenvalue weighted by atomic mass is 32.1. The van der Waals surface area contributed by atoms with Crippen LogP contribution in [0.4, 0.5) is 13.2 Å². The topological polar surface area (TPSA) is 24.9 Å². The van der Waals surface area contributed by atoms with Crippen LogP contribution in [0.25, 0.3) is 10.6 Å². The molecule has 1 heterocycles. The average molecular weight is 258 g/mol. The normalized spacial score (nSPS) is 10.8. The van der Waals surface area contributed by atoms with E-state index >= 15 is 0 Å². The maximum atomic E-state index is 13.0. The number of aromatic nitrogens is 1. The summed E-state index contributed by atoms with van der Waals surface area (Å²) < 4.78 is 38.8. The van der Waals surface area contributed by atoms with Crippen molar-refractivity contribution in [2.75, 3.05) is 7.05 Å². The summed E-state index contributed by atoms with van der Waals surface area (Å²) in [5.74, 6) is -3.86. The summed E-state index contributed by atoms with van der Waals surface area (Å²) >= 11 is 1.30. The van der Waals surface area contributed by atoms with Gasteiger partial charge in [-0.3, -0.25) is 0 Å². The van der Waals surface area contributed by atoms with Gasteiger partial charge in [-0.2, -0.15) is 0 Å². The third-order valence-electron chi connectivity index (χ3n) is 2.14. The van der Waals surface area contributed by atoms with Gasteiger partial charge in [0.1, 0.15) is 5.01 Å². The molecule has 90 valence electrons. The Bertz CT molecular complexity index is 516. The van der Waals surface area contributed by atoms with Gasteiger partial charge in [0.2, 0.25) is 0 Å². The number of hydrogen-bond donors (Lipinski definition) is 1. The van der Waals surface area contributed by atoms with E-state index in [0.717, 1.165) is 17.0 Å². The molecular formula is C11H9F3N2S. The second-order valence-electron chi connectivity index (χ2n) is 3.42. The quantitative estimate of drug-likeness (QED) is 0.856. The Hall–Kier alpha value is -1.40. The van der Waals surface area contributed by atoms with Crippen LogP contribution in [0, 0.1) is 17.5 Å². The van der Waals surface area contributed by atoms with Crippen LogP contribution in [-0.2, 0) is 6.54 Å². The van der Waals surface area contributed by atoms with E-state index in [4.69, 9.17) is 0 Å². The van der Waals surface area contributed by atoms with Crippen LogP contribution in [0.3, 0.4) is 0 Å². The first kappa shape index (κ1) is 12.1. The Morgan fingerprint density at radius 3 is 2.47 bits per heavy atom. The summed E-state index contributed by atoms with van der Waals surface area (Å²) in [5, 5.41) is 3.41. The predicted octanol–water partition coefficient (Wildman–Crippen LogP) is 2.95. The Morgan fingerprint density at radius 2 is 1.88 bits per heavy atom. The Morgan fingerprint density at radius 1 is 1.24 bits per heavy atom. The van der Waals surface area contributed by atoms with E-state index in [1.807, 2.05) is 0 Å². The van der Waals surface area contributed by atoms with Crippen molar-refractivity contribution in [1.82, 2.24) is 10.3 Å². The molecule has 0 radical (unpaired) electrons. The Labute approximate surface area is 100 Å². The average Bonchev–Trinajstić information content (AvgIpc) is 2.74. The van der Waals surface area contributed by atoms with Crippen molar-refractivity contribution in [1.29, 1.82) is 0 Å². The molecule has 2 rings (SSSR count). The lowest BCUT2D eigenvalue weighted by Gasteiger charge is -1.99. The van der Waals surface area contributed by atoms with Crippen molar-refractivity contribution in [2.45, 2.75) is 6.54 Å². The van der Waals surface area contributed by atoms with Gasteiger partial charge < -0.3 is 5.32 Å². The molecule has 1 aromatic heterocycles. The van der Waals surface area contributed by atoms with E-state index in [2.05, 4.69) is 10.3 Å². The number of thiazole rings is 1. The molecule has 0 amide bonds. The molecule has 0 aliphatic rings. The fourth-order valence-corrected chi connectivity index (χ4v) is 2.29. The third kappa shape index (κ3) is 2.48. The Balaban J connectivity index is 2.39. The number of benzene rings is 1. The summed E-state index contributed by atoms with van der Waals surface area (Å²) in [4.78, 5) is 4.98. The first-order chi connectivity index (χ1) is 8.11. The van der Waals surface area contributed by atoms with Crippen molar-refractivity contribution < 1.29 is 13.2 Å². The number of nitrogens with zero attached hydrogens (tertiary/aromatic N) is 1. The summed E-state index contributed by atoms with van der Waals surface area (Å²) in [6.45, 7) is 0.629. The highest BCUT2D eigenvalue weighted by Crippen LogP contribution is 2.27. The van der Waals surface area contributed by atoms with E-state index in [9.17, 15) is 13.2 Å². The van der Waals surface area contributed by atoms with Gasteiger partial charge in [0.25, 0.3) is 0 Å². The van der Waals surface area contributed by atoms with Crippen LogP contribution in [0.5, 0.6) is 0 Å². The molecule has 1 aromatic carbocycles. The molecule has 0 aliphatic carbocycles. The van der Waals surface area contributed by atoms with Crippen LogP contribution in [0.2, 0.25) is 0 Å². The van der Waals surface area contributed by atoms with Gasteiger partial charge in [0.15, 0.2) is 17.5 Å². The Kier molecular flexibility index (Phi) is 3.44. The van der Waals surface area contributed by atoms with E-state index in [0.29, 0.717) is 11.6 Å². The summed E-state index contributed by atoms with van der Waals surface area (Å²) in [7, 11) is 1.79. The van der Waals surface area contributed by atoms with Crippen molar-refractivity contribution in [3.05, 3.63) is 40.7 Å². The first-order valence-electron chi connectivity index (χ1n) is 4.86. The molecule has 0 saturated carbocycles. The highest BCUT2D eigenvalue weighted by Gasteiger charge is 2.13. The smallest absolute Gasteiger partial charge is 0.194 e. The minimum absolute atomic E-state index is 0.244. The van der Waals surface area contributed by atoms with E-state index in [-0.39, 0.29) is 5.56 Å². The van der Waals surface area contributed by atoms with Crippen molar-refractivity contribution >= 4 is 11.3 Å². The molecule has 17 heavy (non-hydrogen) atoms. The summed E-state index contributed by atoms with van der Waals surface area (Å²) in [6, 6.07) is 1.89. The summed E-state index contributed by atoms with van der Waals surface area (Å²) in [6.07, 6.45) is 1.62. The molecule has 2 aromatic rings. The van der Waals surface area contributed by atoms with Gasteiger partial charge in [-0.05, 0) is 19.2 Å². The largest absolute Gasteiger partial charge is 0.315 e. The van der Waals surface area contributed by atoms with Crippen molar-refractivity contribution in [3.8, 4) is 10.6 Å². The van der Waals surface area contributed by atoms with E-state index in [1.165, 1.54) is 11.3 Å². The molecule has 0 bridgehead atoms. The predicted molar refractivity (Wildman–Crippen MR) is 60.2 cm³/mol. The fraction of sp³-hybridized carbons (Fsp3) is 0.182. The second-order valence-corrected chi connectivity index (χ2v) is 4.53. The number of halogens is 3. The van der Waals surface area contributed by atoms with E-state index < -0.39 is 17.5 Å². The van der Waals surface area contributed by atoms with Gasteiger partial charge in [-0.25, -0.2) is 18.2 Å². The molecule has 0 saturated heterocycles. The van der Waals surface area contributed by atoms with Crippen LogP contribution in [0.1, 0.15) is 4.88 Å².